The van der Waals surface area contributed by atoms with Gasteiger partial charge >= 0.3 is 5.97 Å². The summed E-state index contributed by atoms with van der Waals surface area (Å²) in [5, 5.41) is 8.35. The maximum absolute atomic E-state index is 11.4. The molecular weight excluding hydrogens is 224 g/mol. The molecule has 0 aromatic heterocycles. The molecule has 0 unspecified atom stereocenters. The maximum atomic E-state index is 11.4. The zero-order chi connectivity index (χ0) is 12.7. The lowest BCUT2D eigenvalue weighted by molar-refractivity contribution is -0.138. The Morgan fingerprint density at radius 2 is 1.65 bits per heavy atom. The first-order valence-electron chi connectivity index (χ1n) is 4.95. The van der Waals surface area contributed by atoms with E-state index >= 15 is 0 Å². The van der Waals surface area contributed by atoms with Gasteiger partial charge in [-0.25, -0.2) is 0 Å². The summed E-state index contributed by atoms with van der Waals surface area (Å²) in [5.41, 5.74) is 4.73. The molecule has 0 aliphatic heterocycles. The second kappa shape index (κ2) is 6.26. The molecule has 6 heteroatoms. The van der Waals surface area contributed by atoms with Gasteiger partial charge in [-0.3, -0.25) is 25.2 Å². The number of hydrogen-bond donors (Lipinski definition) is 3. The monoisotopic (exact) mass is 236 g/mol. The molecule has 0 aliphatic rings. The molecule has 1 aromatic carbocycles. The third-order valence-electron chi connectivity index (χ3n) is 1.92. The summed E-state index contributed by atoms with van der Waals surface area (Å²) in [6.45, 7) is 0. The van der Waals surface area contributed by atoms with Crippen molar-refractivity contribution in [1.29, 1.82) is 0 Å². The number of carboxylic acids is 1. The number of benzene rings is 1. The van der Waals surface area contributed by atoms with Crippen LogP contribution >= 0.6 is 0 Å². The van der Waals surface area contributed by atoms with Crippen molar-refractivity contribution in [3.8, 4) is 0 Å². The fourth-order valence-electron chi connectivity index (χ4n) is 1.07. The van der Waals surface area contributed by atoms with Crippen molar-refractivity contribution >= 4 is 17.8 Å². The molecule has 0 heterocycles. The predicted molar refractivity (Wildman–Crippen MR) is 58.9 cm³/mol. The molecule has 6 nitrogen and oxygen atoms in total. The third kappa shape index (κ3) is 4.78. The molecule has 17 heavy (non-hydrogen) atoms. The van der Waals surface area contributed by atoms with E-state index in [1.165, 1.54) is 0 Å². The predicted octanol–water partition coefficient (Wildman–Crippen LogP) is 0.312. The lowest BCUT2D eigenvalue weighted by Gasteiger charge is -2.06. The van der Waals surface area contributed by atoms with Gasteiger partial charge in [0.05, 0.1) is 6.42 Å². The highest BCUT2D eigenvalue weighted by atomic mass is 16.4. The summed E-state index contributed by atoms with van der Waals surface area (Å²) < 4.78 is 0. The summed E-state index contributed by atoms with van der Waals surface area (Å²) in [5.74, 6) is -2.06. The summed E-state index contributed by atoms with van der Waals surface area (Å²) in [7, 11) is 0. The van der Waals surface area contributed by atoms with E-state index in [4.69, 9.17) is 5.11 Å². The van der Waals surface area contributed by atoms with Crippen LogP contribution in [0.5, 0.6) is 0 Å². The van der Waals surface area contributed by atoms with E-state index in [-0.39, 0.29) is 12.8 Å². The van der Waals surface area contributed by atoms with E-state index in [0.717, 1.165) is 0 Å². The van der Waals surface area contributed by atoms with E-state index in [1.807, 2.05) is 0 Å². The smallest absolute Gasteiger partial charge is 0.303 e. The molecule has 90 valence electrons. The van der Waals surface area contributed by atoms with Crippen LogP contribution in [0.25, 0.3) is 0 Å². The van der Waals surface area contributed by atoms with E-state index in [1.54, 1.807) is 30.3 Å². The molecule has 1 aromatic rings. The van der Waals surface area contributed by atoms with Gasteiger partial charge in [0.2, 0.25) is 5.91 Å². The van der Waals surface area contributed by atoms with Crippen molar-refractivity contribution in [2.24, 2.45) is 0 Å². The van der Waals surface area contributed by atoms with E-state index in [2.05, 4.69) is 10.9 Å². The lowest BCUT2D eigenvalue weighted by Crippen LogP contribution is -2.41. The summed E-state index contributed by atoms with van der Waals surface area (Å²) in [6.07, 6.45) is -0.447. The van der Waals surface area contributed by atoms with Crippen LogP contribution in [0.4, 0.5) is 0 Å². The molecule has 3 N–H and O–H groups in total. The average Bonchev–Trinajstić information content (AvgIpc) is 2.34. The molecule has 0 radical (unpaired) electrons. The van der Waals surface area contributed by atoms with E-state index in [9.17, 15) is 14.4 Å². The minimum absolute atomic E-state index is 0.176. The fraction of sp³-hybridized carbons (Fsp3) is 0.182. The lowest BCUT2D eigenvalue weighted by atomic mass is 10.2. The van der Waals surface area contributed by atoms with E-state index in [0.29, 0.717) is 5.56 Å². The van der Waals surface area contributed by atoms with Gasteiger partial charge in [-0.15, -0.1) is 0 Å². The van der Waals surface area contributed by atoms with Crippen LogP contribution in [0.15, 0.2) is 30.3 Å². The van der Waals surface area contributed by atoms with Crippen LogP contribution in [0.2, 0.25) is 0 Å². The summed E-state index contributed by atoms with van der Waals surface area (Å²) in [4.78, 5) is 32.7. The van der Waals surface area contributed by atoms with Crippen molar-refractivity contribution < 1.29 is 19.5 Å². The zero-order valence-corrected chi connectivity index (χ0v) is 8.97. The Morgan fingerprint density at radius 3 is 2.24 bits per heavy atom. The zero-order valence-electron chi connectivity index (χ0n) is 8.97. The van der Waals surface area contributed by atoms with Gasteiger partial charge in [0, 0.05) is 12.0 Å². The number of carboxylic acid groups (broad SMARTS) is 1. The minimum atomic E-state index is -1.06. The fourth-order valence-corrected chi connectivity index (χ4v) is 1.07. The van der Waals surface area contributed by atoms with Crippen molar-refractivity contribution in [3.63, 3.8) is 0 Å². The second-order valence-corrected chi connectivity index (χ2v) is 3.26. The standard InChI is InChI=1S/C11H12N2O4/c14-9(6-7-10(15)16)12-13-11(17)8-4-2-1-3-5-8/h1-5H,6-7H2,(H,12,14)(H,13,17)(H,15,16). The largest absolute Gasteiger partial charge is 0.481 e. The Bertz CT molecular complexity index is 417. The first-order valence-corrected chi connectivity index (χ1v) is 4.95. The van der Waals surface area contributed by atoms with Gasteiger partial charge in [-0.2, -0.15) is 0 Å². The van der Waals surface area contributed by atoms with Crippen LogP contribution in [0.1, 0.15) is 23.2 Å². The quantitative estimate of drug-likeness (QED) is 0.656. The topological polar surface area (TPSA) is 95.5 Å². The minimum Gasteiger partial charge on any atom is -0.481 e. The van der Waals surface area contributed by atoms with Gasteiger partial charge in [0.1, 0.15) is 0 Å². The molecular formula is C11H12N2O4. The maximum Gasteiger partial charge on any atom is 0.303 e. The second-order valence-electron chi connectivity index (χ2n) is 3.26. The molecule has 0 spiro atoms. The Kier molecular flexibility index (Phi) is 4.68. The first-order chi connectivity index (χ1) is 8.09. The van der Waals surface area contributed by atoms with Gasteiger partial charge in [-0.05, 0) is 12.1 Å². The van der Waals surface area contributed by atoms with Crippen molar-refractivity contribution in [1.82, 2.24) is 10.9 Å². The molecule has 2 amide bonds. The summed E-state index contributed by atoms with van der Waals surface area (Å²) >= 11 is 0. The first kappa shape index (κ1) is 12.7. The van der Waals surface area contributed by atoms with Gasteiger partial charge in [-0.1, -0.05) is 18.2 Å². The number of rotatable bonds is 4. The van der Waals surface area contributed by atoms with E-state index < -0.39 is 17.8 Å². The van der Waals surface area contributed by atoms with Crippen molar-refractivity contribution in [3.05, 3.63) is 35.9 Å². The highest BCUT2D eigenvalue weighted by molar-refractivity contribution is 5.95. The molecule has 0 fully saturated rings. The number of amides is 2. The highest BCUT2D eigenvalue weighted by Gasteiger charge is 2.07. The molecule has 0 aliphatic carbocycles. The number of hydrazine groups is 1. The van der Waals surface area contributed by atoms with Crippen LogP contribution in [-0.4, -0.2) is 22.9 Å². The SMILES string of the molecule is O=C(O)CCC(=O)NNC(=O)c1ccccc1. The normalized spacial score (nSPS) is 9.41. The molecule has 1 rings (SSSR count). The summed E-state index contributed by atoms with van der Waals surface area (Å²) in [6, 6.07) is 8.35. The number of carbonyl (C=O) groups is 3. The molecule has 0 bridgehead atoms. The van der Waals surface area contributed by atoms with Crippen LogP contribution in [-0.2, 0) is 9.59 Å². The van der Waals surface area contributed by atoms with Crippen molar-refractivity contribution in [2.45, 2.75) is 12.8 Å². The third-order valence-corrected chi connectivity index (χ3v) is 1.92. The van der Waals surface area contributed by atoms with Crippen LogP contribution in [0.3, 0.4) is 0 Å². The number of carbonyl (C=O) groups excluding carboxylic acids is 2. The Hall–Kier alpha value is -2.37. The number of aliphatic carboxylic acids is 1. The average molecular weight is 236 g/mol. The van der Waals surface area contributed by atoms with Gasteiger partial charge in [0.15, 0.2) is 0 Å². The van der Waals surface area contributed by atoms with Gasteiger partial charge < -0.3 is 5.11 Å². The van der Waals surface area contributed by atoms with Gasteiger partial charge in [0.25, 0.3) is 5.91 Å². The Labute approximate surface area is 97.6 Å². The Balaban J connectivity index is 2.34. The molecule has 0 atom stereocenters. The van der Waals surface area contributed by atoms with Crippen LogP contribution < -0.4 is 10.9 Å². The van der Waals surface area contributed by atoms with Crippen LogP contribution in [0, 0.1) is 0 Å². The number of nitrogens with one attached hydrogen (secondary N) is 2. The molecule has 0 saturated heterocycles. The number of hydrogen-bond acceptors (Lipinski definition) is 3. The highest BCUT2D eigenvalue weighted by Crippen LogP contribution is 1.96. The molecule has 0 saturated carbocycles. The van der Waals surface area contributed by atoms with Crippen molar-refractivity contribution in [2.75, 3.05) is 0 Å². The Morgan fingerprint density at radius 1 is 1.00 bits per heavy atom.